The predicted molar refractivity (Wildman–Crippen MR) is 47.2 cm³/mol. The third-order valence-corrected chi connectivity index (χ3v) is 1.47. The number of hydrogen-bond acceptors (Lipinski definition) is 1. The normalized spacial score (nSPS) is 8.58. The van der Waals surface area contributed by atoms with Crippen LogP contribution in [0.15, 0.2) is 36.9 Å². The summed E-state index contributed by atoms with van der Waals surface area (Å²) >= 11 is 0. The number of allylic oxidation sites excluding steroid dienone is 1. The average molecular weight is 157 g/mol. The Bertz CT molecular complexity index is 343. The Morgan fingerprint density at radius 3 is 2.42 bits per heavy atom. The van der Waals surface area contributed by atoms with Gasteiger partial charge in [-0.2, -0.15) is 0 Å². The zero-order valence-corrected chi connectivity index (χ0v) is 6.45. The molecule has 0 aliphatic heterocycles. The Kier molecular flexibility index (Phi) is 2.39. The summed E-state index contributed by atoms with van der Waals surface area (Å²) in [6.45, 7) is 10.1. The van der Waals surface area contributed by atoms with Gasteiger partial charge < -0.3 is 0 Å². The number of rotatable bonds is 2. The zero-order chi connectivity index (χ0) is 8.97. The fraction of sp³-hybridized carbons (Fsp3) is 0. The van der Waals surface area contributed by atoms with E-state index in [-0.39, 0.29) is 5.78 Å². The topological polar surface area (TPSA) is 21.4 Å². The molecular weight excluding hydrogens is 150 g/mol. The van der Waals surface area contributed by atoms with Crippen molar-refractivity contribution in [1.29, 1.82) is 0 Å². The van der Waals surface area contributed by atoms with Crippen molar-refractivity contribution in [1.82, 2.24) is 0 Å². The second-order valence-electron chi connectivity index (χ2n) is 2.23. The van der Waals surface area contributed by atoms with Gasteiger partial charge in [0.2, 0.25) is 0 Å². The first-order chi connectivity index (χ1) is 5.77. The van der Waals surface area contributed by atoms with Crippen molar-refractivity contribution in [3.05, 3.63) is 53.9 Å². The number of benzene rings is 1. The van der Waals surface area contributed by atoms with Crippen molar-refractivity contribution in [3.63, 3.8) is 0 Å². The van der Waals surface area contributed by atoms with Crippen molar-refractivity contribution in [2.75, 3.05) is 0 Å². The number of carbonyl (C=O) groups is 1. The van der Waals surface area contributed by atoms with Crippen LogP contribution in [0.3, 0.4) is 0 Å². The molecule has 2 nitrogen and oxygen atoms in total. The third-order valence-electron chi connectivity index (χ3n) is 1.47. The van der Waals surface area contributed by atoms with Crippen LogP contribution in [0.1, 0.15) is 10.4 Å². The van der Waals surface area contributed by atoms with Crippen LogP contribution in [0.5, 0.6) is 0 Å². The van der Waals surface area contributed by atoms with Crippen LogP contribution >= 0.6 is 0 Å². The monoisotopic (exact) mass is 157 g/mol. The van der Waals surface area contributed by atoms with Gasteiger partial charge in [0.15, 0.2) is 11.5 Å². The van der Waals surface area contributed by atoms with Crippen molar-refractivity contribution in [3.8, 4) is 0 Å². The molecular formula is C10H7NO. The van der Waals surface area contributed by atoms with Crippen molar-refractivity contribution in [2.24, 2.45) is 0 Å². The maximum Gasteiger partial charge on any atom is 0.187 e. The smallest absolute Gasteiger partial charge is 0.187 e. The fourth-order valence-electron chi connectivity index (χ4n) is 0.818. The zero-order valence-electron chi connectivity index (χ0n) is 6.45. The van der Waals surface area contributed by atoms with Crippen molar-refractivity contribution < 1.29 is 4.79 Å². The number of hydrogen-bond donors (Lipinski definition) is 0. The SMILES string of the molecule is [C-]#[N+]c1ccc(C(=O)C=C)cc1. The molecule has 0 aromatic heterocycles. The lowest BCUT2D eigenvalue weighted by molar-refractivity contribution is 0.104. The highest BCUT2D eigenvalue weighted by molar-refractivity contribution is 6.04. The molecule has 1 rings (SSSR count). The standard InChI is InChI=1S/C10H7NO/c1-3-10(12)8-4-6-9(11-2)7-5-8/h3-7H,1H2. The molecule has 0 radical (unpaired) electrons. The van der Waals surface area contributed by atoms with E-state index in [9.17, 15) is 4.79 Å². The Balaban J connectivity index is 3.01. The van der Waals surface area contributed by atoms with Gasteiger partial charge >= 0.3 is 0 Å². The summed E-state index contributed by atoms with van der Waals surface area (Å²) in [6, 6.07) is 6.47. The molecule has 0 N–H and O–H groups in total. The maximum atomic E-state index is 11.0. The Hall–Kier alpha value is -1.88. The first-order valence-electron chi connectivity index (χ1n) is 3.42. The molecule has 0 saturated heterocycles. The van der Waals surface area contributed by atoms with Gasteiger partial charge in [0.05, 0.1) is 6.57 Å². The molecule has 0 heterocycles. The number of ketones is 1. The molecule has 0 spiro atoms. The molecule has 0 bridgehead atoms. The van der Waals surface area contributed by atoms with Crippen LogP contribution in [-0.4, -0.2) is 5.78 Å². The first-order valence-corrected chi connectivity index (χ1v) is 3.42. The van der Waals surface area contributed by atoms with Crippen LogP contribution in [0.2, 0.25) is 0 Å². The molecule has 12 heavy (non-hydrogen) atoms. The molecule has 0 unspecified atom stereocenters. The third kappa shape index (κ3) is 1.58. The lowest BCUT2D eigenvalue weighted by atomic mass is 10.1. The van der Waals surface area contributed by atoms with E-state index in [0.29, 0.717) is 11.3 Å². The highest BCUT2D eigenvalue weighted by Crippen LogP contribution is 2.12. The molecule has 0 atom stereocenters. The van der Waals surface area contributed by atoms with Crippen LogP contribution in [0, 0.1) is 6.57 Å². The van der Waals surface area contributed by atoms with E-state index in [1.54, 1.807) is 24.3 Å². The van der Waals surface area contributed by atoms with Gasteiger partial charge in [-0.1, -0.05) is 30.8 Å². The molecule has 1 aromatic rings. The van der Waals surface area contributed by atoms with Crippen LogP contribution in [0.25, 0.3) is 4.85 Å². The molecule has 58 valence electrons. The maximum absolute atomic E-state index is 11.0. The highest BCUT2D eigenvalue weighted by Gasteiger charge is 1.99. The van der Waals surface area contributed by atoms with Crippen LogP contribution in [-0.2, 0) is 0 Å². The highest BCUT2D eigenvalue weighted by atomic mass is 16.1. The van der Waals surface area contributed by atoms with E-state index in [0.717, 1.165) is 0 Å². The minimum absolute atomic E-state index is 0.119. The summed E-state index contributed by atoms with van der Waals surface area (Å²) in [4.78, 5) is 14.2. The van der Waals surface area contributed by atoms with Gasteiger partial charge in [0.25, 0.3) is 0 Å². The van der Waals surface area contributed by atoms with E-state index in [4.69, 9.17) is 6.57 Å². The fourth-order valence-corrected chi connectivity index (χ4v) is 0.818. The largest absolute Gasteiger partial charge is 0.289 e. The van der Waals surface area contributed by atoms with Gasteiger partial charge in [-0.3, -0.25) is 4.79 Å². The van der Waals surface area contributed by atoms with Gasteiger partial charge in [-0.15, -0.1) is 0 Å². The minimum atomic E-state index is -0.119. The van der Waals surface area contributed by atoms with Gasteiger partial charge in [0.1, 0.15) is 0 Å². The molecule has 2 heteroatoms. The van der Waals surface area contributed by atoms with Crippen LogP contribution < -0.4 is 0 Å². The first kappa shape index (κ1) is 8.22. The van der Waals surface area contributed by atoms with E-state index in [2.05, 4.69) is 11.4 Å². The van der Waals surface area contributed by atoms with Gasteiger partial charge in [-0.25, -0.2) is 4.85 Å². The second kappa shape index (κ2) is 3.49. The second-order valence-corrected chi connectivity index (χ2v) is 2.23. The summed E-state index contributed by atoms with van der Waals surface area (Å²) in [5, 5.41) is 0. The molecule has 0 fully saturated rings. The predicted octanol–water partition coefficient (Wildman–Crippen LogP) is 2.61. The number of nitrogens with zero attached hydrogens (tertiary/aromatic N) is 1. The molecule has 0 aliphatic rings. The van der Waals surface area contributed by atoms with E-state index in [1.807, 2.05) is 0 Å². The van der Waals surface area contributed by atoms with Crippen molar-refractivity contribution >= 4 is 11.5 Å². The summed E-state index contributed by atoms with van der Waals surface area (Å²) in [5.74, 6) is -0.119. The van der Waals surface area contributed by atoms with Gasteiger partial charge in [0, 0.05) is 5.56 Å². The summed E-state index contributed by atoms with van der Waals surface area (Å²) in [6.07, 6.45) is 1.26. The van der Waals surface area contributed by atoms with E-state index < -0.39 is 0 Å². The lowest BCUT2D eigenvalue weighted by Crippen LogP contribution is -1.91. The summed E-state index contributed by atoms with van der Waals surface area (Å²) in [7, 11) is 0. The molecule has 0 saturated carbocycles. The molecule has 1 aromatic carbocycles. The summed E-state index contributed by atoms with van der Waals surface area (Å²) in [5.41, 5.74) is 1.10. The Labute approximate surface area is 71.0 Å². The average Bonchev–Trinajstić information content (AvgIpc) is 2.17. The van der Waals surface area contributed by atoms with Crippen LogP contribution in [0.4, 0.5) is 5.69 Å². The van der Waals surface area contributed by atoms with Gasteiger partial charge in [-0.05, 0) is 6.08 Å². The van der Waals surface area contributed by atoms with E-state index in [1.165, 1.54) is 6.08 Å². The summed E-state index contributed by atoms with van der Waals surface area (Å²) < 4.78 is 0. The lowest BCUT2D eigenvalue weighted by Gasteiger charge is -1.93. The minimum Gasteiger partial charge on any atom is -0.289 e. The molecule has 0 aliphatic carbocycles. The quantitative estimate of drug-likeness (QED) is 0.367. The molecule has 0 amide bonds. The Morgan fingerprint density at radius 2 is 2.00 bits per heavy atom. The van der Waals surface area contributed by atoms with E-state index >= 15 is 0 Å². The van der Waals surface area contributed by atoms with Crippen molar-refractivity contribution in [2.45, 2.75) is 0 Å². The number of carbonyl (C=O) groups excluding carboxylic acids is 1. The Morgan fingerprint density at radius 1 is 1.42 bits per heavy atom.